The van der Waals surface area contributed by atoms with Crippen molar-refractivity contribution in [2.24, 2.45) is 0 Å². The number of carbonyl (C=O) groups excluding carboxylic acids is 1. The van der Waals surface area contributed by atoms with Crippen LogP contribution in [0.15, 0.2) is 54.2 Å². The van der Waals surface area contributed by atoms with Crippen LogP contribution in [0.3, 0.4) is 0 Å². The molecular weight excluding hydrogens is 510 g/mol. The maximum atomic E-state index is 14.6. The van der Waals surface area contributed by atoms with Crippen LogP contribution in [0.1, 0.15) is 48.9 Å². The quantitative estimate of drug-likeness (QED) is 0.332. The zero-order chi connectivity index (χ0) is 27.9. The second kappa shape index (κ2) is 10.4. The molecule has 2 aromatic carbocycles. The Morgan fingerprint density at radius 3 is 2.46 bits per heavy atom. The Bertz CT molecular complexity index is 1380. The largest absolute Gasteiger partial charge is 0.416 e. The summed E-state index contributed by atoms with van der Waals surface area (Å²) in [7, 11) is 0. The van der Waals surface area contributed by atoms with Crippen molar-refractivity contribution in [3.8, 4) is 0 Å². The number of nitrogens with zero attached hydrogens (tertiary/aromatic N) is 5. The van der Waals surface area contributed by atoms with Crippen molar-refractivity contribution in [3.63, 3.8) is 0 Å². The summed E-state index contributed by atoms with van der Waals surface area (Å²) in [6, 6.07) is 9.82. The number of benzene rings is 2. The molecule has 206 valence electrons. The molecular formula is C29H31F4N5O. The monoisotopic (exact) mass is 541 g/mol. The van der Waals surface area contributed by atoms with Gasteiger partial charge in [0, 0.05) is 37.1 Å². The number of rotatable bonds is 5. The highest BCUT2D eigenvalue weighted by Gasteiger charge is 2.40. The highest BCUT2D eigenvalue weighted by Crippen LogP contribution is 2.37. The molecule has 3 aromatic rings. The Labute approximate surface area is 225 Å². The third-order valence-corrected chi connectivity index (χ3v) is 7.31. The van der Waals surface area contributed by atoms with Crippen LogP contribution in [0.2, 0.25) is 0 Å². The fourth-order valence-electron chi connectivity index (χ4n) is 5.54. The van der Waals surface area contributed by atoms with E-state index in [-0.39, 0.29) is 30.0 Å². The molecule has 2 aliphatic rings. The molecule has 0 saturated carbocycles. The number of aryl methyl sites for hydroxylation is 1. The first-order valence-electron chi connectivity index (χ1n) is 13.0. The van der Waals surface area contributed by atoms with Gasteiger partial charge in [-0.1, -0.05) is 35.9 Å². The van der Waals surface area contributed by atoms with Crippen molar-refractivity contribution in [3.05, 3.63) is 82.3 Å². The maximum absolute atomic E-state index is 14.6. The standard InChI is InChI=1S/C29H31F4N5O/c1-19(2)15-36-16-22-18-37(23-11-13-35(14-12-23)26-20(3)7-6-10-25(26)30)28(39)38(27(22)34-36)17-21-8-4-5-9-24(21)29(31,32)33/h4-10,15-16,23H,11-14,17-18H2,1-3H3. The van der Waals surface area contributed by atoms with Crippen molar-refractivity contribution in [2.75, 3.05) is 22.9 Å². The molecule has 3 heterocycles. The number of anilines is 2. The maximum Gasteiger partial charge on any atom is 0.416 e. The van der Waals surface area contributed by atoms with E-state index in [0.29, 0.717) is 44.0 Å². The minimum absolute atomic E-state index is 0.00719. The van der Waals surface area contributed by atoms with E-state index in [9.17, 15) is 22.4 Å². The average Bonchev–Trinajstić information content (AvgIpc) is 3.27. The van der Waals surface area contributed by atoms with Crippen LogP contribution >= 0.6 is 0 Å². The number of aromatic nitrogens is 2. The molecule has 2 aliphatic heterocycles. The third kappa shape index (κ3) is 5.37. The number of halogens is 4. The lowest BCUT2D eigenvalue weighted by Gasteiger charge is -2.43. The summed E-state index contributed by atoms with van der Waals surface area (Å²) in [5, 5.41) is 4.55. The van der Waals surface area contributed by atoms with Crippen LogP contribution in [0.5, 0.6) is 0 Å². The van der Waals surface area contributed by atoms with Gasteiger partial charge in [-0.3, -0.25) is 4.90 Å². The van der Waals surface area contributed by atoms with E-state index in [1.165, 1.54) is 23.1 Å². The Morgan fingerprint density at radius 1 is 1.08 bits per heavy atom. The molecule has 39 heavy (non-hydrogen) atoms. The number of hydrogen-bond acceptors (Lipinski definition) is 3. The minimum Gasteiger partial charge on any atom is -0.369 e. The van der Waals surface area contributed by atoms with E-state index in [4.69, 9.17) is 0 Å². The van der Waals surface area contributed by atoms with Crippen molar-refractivity contribution >= 4 is 23.7 Å². The van der Waals surface area contributed by atoms with Gasteiger partial charge >= 0.3 is 12.2 Å². The lowest BCUT2D eigenvalue weighted by Crippen LogP contribution is -2.54. The average molecular weight is 542 g/mol. The van der Waals surface area contributed by atoms with Crippen LogP contribution < -0.4 is 9.80 Å². The van der Waals surface area contributed by atoms with E-state index in [1.54, 1.807) is 21.7 Å². The van der Waals surface area contributed by atoms with Gasteiger partial charge in [0.05, 0.1) is 24.3 Å². The molecule has 0 spiro atoms. The first-order chi connectivity index (χ1) is 18.5. The number of piperidine rings is 1. The molecule has 1 saturated heterocycles. The zero-order valence-corrected chi connectivity index (χ0v) is 22.2. The summed E-state index contributed by atoms with van der Waals surface area (Å²) >= 11 is 0. The smallest absolute Gasteiger partial charge is 0.369 e. The van der Waals surface area contributed by atoms with E-state index in [1.807, 2.05) is 44.1 Å². The van der Waals surface area contributed by atoms with Gasteiger partial charge in [-0.25, -0.2) is 13.9 Å². The topological polar surface area (TPSA) is 44.6 Å². The number of urea groups is 1. The van der Waals surface area contributed by atoms with Gasteiger partial charge in [0.15, 0.2) is 5.82 Å². The van der Waals surface area contributed by atoms with Crippen LogP contribution in [0.25, 0.3) is 6.20 Å². The van der Waals surface area contributed by atoms with Crippen LogP contribution in [-0.4, -0.2) is 39.8 Å². The fourth-order valence-corrected chi connectivity index (χ4v) is 5.54. The molecule has 5 rings (SSSR count). The van der Waals surface area contributed by atoms with Gasteiger partial charge in [0.2, 0.25) is 0 Å². The summed E-state index contributed by atoms with van der Waals surface area (Å²) in [6.07, 6.45) is 0.317. The second-order valence-corrected chi connectivity index (χ2v) is 10.4. The number of alkyl halides is 3. The minimum atomic E-state index is -4.54. The first-order valence-corrected chi connectivity index (χ1v) is 13.0. The fraction of sp³-hybridized carbons (Fsp3) is 0.379. The number of para-hydroxylation sites is 1. The molecule has 10 heteroatoms. The predicted molar refractivity (Wildman–Crippen MR) is 143 cm³/mol. The summed E-state index contributed by atoms with van der Waals surface area (Å²) in [5.74, 6) is 0.0958. The van der Waals surface area contributed by atoms with Crippen molar-refractivity contribution in [2.45, 2.75) is 58.9 Å². The Balaban J connectivity index is 1.44. The van der Waals surface area contributed by atoms with Crippen LogP contribution in [0.4, 0.5) is 33.9 Å². The summed E-state index contributed by atoms with van der Waals surface area (Å²) in [4.78, 5) is 19.0. The van der Waals surface area contributed by atoms with Gasteiger partial charge in [-0.15, -0.1) is 5.10 Å². The zero-order valence-electron chi connectivity index (χ0n) is 22.2. The highest BCUT2D eigenvalue weighted by molar-refractivity contribution is 5.94. The van der Waals surface area contributed by atoms with Gasteiger partial charge in [-0.05, 0) is 56.9 Å². The molecule has 0 unspecified atom stereocenters. The van der Waals surface area contributed by atoms with Gasteiger partial charge < -0.3 is 9.80 Å². The molecule has 0 bridgehead atoms. The van der Waals surface area contributed by atoms with E-state index in [2.05, 4.69) is 5.10 Å². The summed E-state index contributed by atoms with van der Waals surface area (Å²) in [5.41, 5.74) is 2.43. The Hall–Kier alpha value is -3.82. The number of carbonyl (C=O) groups is 1. The lowest BCUT2D eigenvalue weighted by atomic mass is 10.00. The first kappa shape index (κ1) is 26.8. The SMILES string of the molecule is CC(C)=Cn1cc2c(n1)N(Cc1ccccc1C(F)(F)F)C(=O)N(C1CCN(c3c(C)cccc3F)CC1)C2. The van der Waals surface area contributed by atoms with Gasteiger partial charge in [0.25, 0.3) is 0 Å². The molecule has 0 atom stereocenters. The molecule has 0 radical (unpaired) electrons. The third-order valence-electron chi connectivity index (χ3n) is 7.31. The van der Waals surface area contributed by atoms with E-state index in [0.717, 1.165) is 22.8 Å². The van der Waals surface area contributed by atoms with E-state index >= 15 is 0 Å². The number of fused-ring (bicyclic) bond motifs is 1. The van der Waals surface area contributed by atoms with Crippen molar-refractivity contribution in [1.29, 1.82) is 0 Å². The summed E-state index contributed by atoms with van der Waals surface area (Å²) < 4.78 is 57.5. The molecule has 2 amide bonds. The molecule has 0 N–H and O–H groups in total. The second-order valence-electron chi connectivity index (χ2n) is 10.4. The predicted octanol–water partition coefficient (Wildman–Crippen LogP) is 6.84. The Morgan fingerprint density at radius 2 is 1.79 bits per heavy atom. The molecule has 1 aromatic heterocycles. The lowest BCUT2D eigenvalue weighted by molar-refractivity contribution is -0.138. The highest BCUT2D eigenvalue weighted by atomic mass is 19.4. The number of hydrogen-bond donors (Lipinski definition) is 0. The molecule has 6 nitrogen and oxygen atoms in total. The van der Waals surface area contributed by atoms with Gasteiger partial charge in [-0.2, -0.15) is 13.2 Å². The van der Waals surface area contributed by atoms with Gasteiger partial charge in [0.1, 0.15) is 5.82 Å². The van der Waals surface area contributed by atoms with Crippen molar-refractivity contribution in [1.82, 2.24) is 14.7 Å². The Kier molecular flexibility index (Phi) is 7.13. The molecule has 1 fully saturated rings. The van der Waals surface area contributed by atoms with Crippen molar-refractivity contribution < 1.29 is 22.4 Å². The van der Waals surface area contributed by atoms with E-state index < -0.39 is 11.7 Å². The van der Waals surface area contributed by atoms with Crippen LogP contribution in [0, 0.1) is 12.7 Å². The normalized spacial score (nSPS) is 16.5. The molecule has 0 aliphatic carbocycles. The number of amides is 2. The number of allylic oxidation sites excluding steroid dienone is 1. The summed E-state index contributed by atoms with van der Waals surface area (Å²) in [6.45, 7) is 6.90. The van der Waals surface area contributed by atoms with Crippen LogP contribution in [-0.2, 0) is 19.3 Å².